The molecule has 72 valence electrons. The molecule has 3 heteroatoms. The molecule has 0 saturated carbocycles. The summed E-state index contributed by atoms with van der Waals surface area (Å²) in [7, 11) is 0. The fourth-order valence-corrected chi connectivity index (χ4v) is 1.26. The van der Waals surface area contributed by atoms with Crippen molar-refractivity contribution in [1.29, 1.82) is 0 Å². The number of aromatic nitrogens is 1. The Balaban J connectivity index is 2.28. The molecule has 2 rings (SSSR count). The summed E-state index contributed by atoms with van der Waals surface area (Å²) in [5.74, 6) is 0. The van der Waals surface area contributed by atoms with Crippen LogP contribution in [0, 0.1) is 6.92 Å². The molecule has 2 aromatic heterocycles. The fraction of sp³-hybridized carbons (Fsp3) is 0.182. The quantitative estimate of drug-likeness (QED) is 0.786. The highest BCUT2D eigenvalue weighted by molar-refractivity contribution is 5.25. The van der Waals surface area contributed by atoms with Gasteiger partial charge in [-0.2, -0.15) is 0 Å². The van der Waals surface area contributed by atoms with E-state index in [1.807, 2.05) is 19.1 Å². The summed E-state index contributed by atoms with van der Waals surface area (Å²) in [6.45, 7) is 1.91. The van der Waals surface area contributed by atoms with Gasteiger partial charge in [0.1, 0.15) is 6.10 Å². The van der Waals surface area contributed by atoms with Crippen molar-refractivity contribution in [2.24, 2.45) is 0 Å². The monoisotopic (exact) mass is 189 g/mol. The van der Waals surface area contributed by atoms with Crippen molar-refractivity contribution in [2.45, 2.75) is 13.0 Å². The van der Waals surface area contributed by atoms with E-state index in [2.05, 4.69) is 4.98 Å². The van der Waals surface area contributed by atoms with Gasteiger partial charge in [0.15, 0.2) is 0 Å². The van der Waals surface area contributed by atoms with Gasteiger partial charge in [0.05, 0.1) is 12.5 Å². The molecule has 0 aliphatic carbocycles. The molecule has 0 spiro atoms. The SMILES string of the molecule is Cc1ccc(C(O)c2ccoc2)cn1. The Hall–Kier alpha value is -1.61. The van der Waals surface area contributed by atoms with Crippen LogP contribution >= 0.6 is 0 Å². The summed E-state index contributed by atoms with van der Waals surface area (Å²) in [6, 6.07) is 5.48. The second kappa shape index (κ2) is 3.64. The molecule has 1 unspecified atom stereocenters. The summed E-state index contributed by atoms with van der Waals surface area (Å²) >= 11 is 0. The minimum atomic E-state index is -0.651. The van der Waals surface area contributed by atoms with Gasteiger partial charge in [-0.1, -0.05) is 6.07 Å². The maximum absolute atomic E-state index is 9.87. The predicted molar refractivity (Wildman–Crippen MR) is 51.7 cm³/mol. The van der Waals surface area contributed by atoms with Crippen molar-refractivity contribution in [2.75, 3.05) is 0 Å². The van der Waals surface area contributed by atoms with Gasteiger partial charge in [0.25, 0.3) is 0 Å². The van der Waals surface area contributed by atoms with Gasteiger partial charge in [0.2, 0.25) is 0 Å². The Labute approximate surface area is 82.0 Å². The maximum Gasteiger partial charge on any atom is 0.109 e. The third-order valence-corrected chi connectivity index (χ3v) is 2.11. The molecule has 2 heterocycles. The van der Waals surface area contributed by atoms with E-state index in [9.17, 15) is 5.11 Å². The van der Waals surface area contributed by atoms with E-state index in [4.69, 9.17) is 4.42 Å². The van der Waals surface area contributed by atoms with Gasteiger partial charge < -0.3 is 9.52 Å². The molecule has 1 atom stereocenters. The van der Waals surface area contributed by atoms with Crippen molar-refractivity contribution >= 4 is 0 Å². The van der Waals surface area contributed by atoms with Gasteiger partial charge in [-0.15, -0.1) is 0 Å². The van der Waals surface area contributed by atoms with Crippen LogP contribution in [-0.4, -0.2) is 10.1 Å². The van der Waals surface area contributed by atoms with Crippen LogP contribution in [0.2, 0.25) is 0 Å². The number of hydrogen-bond acceptors (Lipinski definition) is 3. The Kier molecular flexibility index (Phi) is 2.33. The number of hydrogen-bond donors (Lipinski definition) is 1. The second-order valence-corrected chi connectivity index (χ2v) is 3.19. The molecule has 0 aliphatic heterocycles. The molecule has 0 saturated heterocycles. The van der Waals surface area contributed by atoms with Crippen LogP contribution in [0.1, 0.15) is 22.9 Å². The third kappa shape index (κ3) is 1.67. The van der Waals surface area contributed by atoms with Crippen LogP contribution in [0.3, 0.4) is 0 Å². The molecule has 3 nitrogen and oxygen atoms in total. The van der Waals surface area contributed by atoms with Crippen molar-refractivity contribution in [3.8, 4) is 0 Å². The number of rotatable bonds is 2. The standard InChI is InChI=1S/C11H11NO2/c1-8-2-3-9(6-12-8)11(13)10-4-5-14-7-10/h2-7,11,13H,1H3. The first-order valence-electron chi connectivity index (χ1n) is 4.40. The highest BCUT2D eigenvalue weighted by Crippen LogP contribution is 2.21. The van der Waals surface area contributed by atoms with Crippen LogP contribution < -0.4 is 0 Å². The van der Waals surface area contributed by atoms with Crippen LogP contribution in [0.4, 0.5) is 0 Å². The third-order valence-electron chi connectivity index (χ3n) is 2.11. The van der Waals surface area contributed by atoms with Crippen molar-refractivity contribution in [1.82, 2.24) is 4.98 Å². The first kappa shape index (κ1) is 8.97. The smallest absolute Gasteiger partial charge is 0.109 e. The Morgan fingerprint density at radius 1 is 1.29 bits per heavy atom. The lowest BCUT2D eigenvalue weighted by Gasteiger charge is -2.07. The van der Waals surface area contributed by atoms with Crippen LogP contribution in [-0.2, 0) is 0 Å². The summed E-state index contributed by atoms with van der Waals surface area (Å²) in [4.78, 5) is 4.12. The van der Waals surface area contributed by atoms with Gasteiger partial charge in [-0.25, -0.2) is 0 Å². The molecule has 0 amide bonds. The number of pyridine rings is 1. The normalized spacial score (nSPS) is 12.7. The first-order valence-corrected chi connectivity index (χ1v) is 4.40. The number of aryl methyl sites for hydroxylation is 1. The molecular weight excluding hydrogens is 178 g/mol. The maximum atomic E-state index is 9.87. The zero-order valence-electron chi connectivity index (χ0n) is 7.84. The zero-order valence-corrected chi connectivity index (χ0v) is 7.84. The molecule has 0 bridgehead atoms. The number of nitrogens with zero attached hydrogens (tertiary/aromatic N) is 1. The molecule has 14 heavy (non-hydrogen) atoms. The van der Waals surface area contributed by atoms with E-state index in [-0.39, 0.29) is 0 Å². The molecule has 0 aliphatic rings. The second-order valence-electron chi connectivity index (χ2n) is 3.19. The van der Waals surface area contributed by atoms with E-state index in [1.165, 1.54) is 6.26 Å². The number of furan rings is 1. The fourth-order valence-electron chi connectivity index (χ4n) is 1.26. The van der Waals surface area contributed by atoms with Crippen LogP contribution in [0.25, 0.3) is 0 Å². The summed E-state index contributed by atoms with van der Waals surface area (Å²) in [6.07, 6.45) is 4.10. The zero-order chi connectivity index (χ0) is 9.97. The van der Waals surface area contributed by atoms with E-state index in [0.717, 1.165) is 16.8 Å². The Bertz CT molecular complexity index is 392. The van der Waals surface area contributed by atoms with E-state index < -0.39 is 6.10 Å². The summed E-state index contributed by atoms with van der Waals surface area (Å²) in [5.41, 5.74) is 2.46. The predicted octanol–water partition coefficient (Wildman–Crippen LogP) is 2.06. The number of aliphatic hydroxyl groups is 1. The van der Waals surface area contributed by atoms with Crippen molar-refractivity contribution in [3.05, 3.63) is 53.7 Å². The average Bonchev–Trinajstić information content (AvgIpc) is 2.71. The average molecular weight is 189 g/mol. The Morgan fingerprint density at radius 2 is 2.14 bits per heavy atom. The van der Waals surface area contributed by atoms with Gasteiger partial charge >= 0.3 is 0 Å². The Morgan fingerprint density at radius 3 is 2.71 bits per heavy atom. The lowest BCUT2D eigenvalue weighted by Crippen LogP contribution is -1.98. The highest BCUT2D eigenvalue weighted by Gasteiger charge is 2.11. The van der Waals surface area contributed by atoms with Gasteiger partial charge in [-0.3, -0.25) is 4.98 Å². The van der Waals surface area contributed by atoms with Crippen LogP contribution in [0.5, 0.6) is 0 Å². The molecule has 0 radical (unpaired) electrons. The molecule has 2 aromatic rings. The molecule has 0 fully saturated rings. The molecule has 1 N–H and O–H groups in total. The highest BCUT2D eigenvalue weighted by atomic mass is 16.3. The van der Waals surface area contributed by atoms with Crippen LogP contribution in [0.15, 0.2) is 41.3 Å². The first-order chi connectivity index (χ1) is 6.77. The van der Waals surface area contributed by atoms with Crippen molar-refractivity contribution in [3.63, 3.8) is 0 Å². The van der Waals surface area contributed by atoms with Gasteiger partial charge in [0, 0.05) is 23.0 Å². The molecule has 0 aromatic carbocycles. The largest absolute Gasteiger partial charge is 0.472 e. The topological polar surface area (TPSA) is 46.3 Å². The van der Waals surface area contributed by atoms with E-state index in [1.54, 1.807) is 18.5 Å². The number of aliphatic hydroxyl groups excluding tert-OH is 1. The lowest BCUT2D eigenvalue weighted by atomic mass is 10.1. The lowest BCUT2D eigenvalue weighted by molar-refractivity contribution is 0.219. The van der Waals surface area contributed by atoms with E-state index in [0.29, 0.717) is 0 Å². The van der Waals surface area contributed by atoms with E-state index >= 15 is 0 Å². The van der Waals surface area contributed by atoms with Gasteiger partial charge in [-0.05, 0) is 19.1 Å². The minimum Gasteiger partial charge on any atom is -0.472 e. The molecular formula is C11H11NO2. The summed E-state index contributed by atoms with van der Waals surface area (Å²) in [5, 5.41) is 9.87. The summed E-state index contributed by atoms with van der Waals surface area (Å²) < 4.78 is 4.90. The van der Waals surface area contributed by atoms with Crippen molar-refractivity contribution < 1.29 is 9.52 Å². The minimum absolute atomic E-state index is 0.651.